The van der Waals surface area contributed by atoms with Crippen LogP contribution in [-0.4, -0.2) is 10.6 Å². The van der Waals surface area contributed by atoms with Gasteiger partial charge in [-0.05, 0) is 30.0 Å². The molecule has 120 valence electrons. The number of rotatable bonds is 5. The van der Waals surface area contributed by atoms with E-state index in [0.717, 1.165) is 30.6 Å². The predicted molar refractivity (Wildman–Crippen MR) is 96.3 cm³/mol. The summed E-state index contributed by atoms with van der Waals surface area (Å²) in [7, 11) is 0. The summed E-state index contributed by atoms with van der Waals surface area (Å²) >= 11 is 0. The number of fused-ring (bicyclic) bond motifs is 1. The highest BCUT2D eigenvalue weighted by Gasteiger charge is 2.23. The standard InChI is InChI=1S/C21H21N3/c22-12-17-8-4-5-9-20-21(17)18(13-23-19-10-11-19)15-24(20)14-16-6-2-1-3-7-16/h1-8,15,19,23H,9-11,13-14H2. The van der Waals surface area contributed by atoms with Crippen LogP contribution in [0.5, 0.6) is 0 Å². The Labute approximate surface area is 142 Å². The summed E-state index contributed by atoms with van der Waals surface area (Å²) in [4.78, 5) is 0. The molecule has 0 bridgehead atoms. The number of nitrogens with zero attached hydrogens (tertiary/aromatic N) is 2. The number of aromatic nitrogens is 1. The molecule has 3 heteroatoms. The third-order valence-corrected chi connectivity index (χ3v) is 4.72. The van der Waals surface area contributed by atoms with Crippen LogP contribution in [0.2, 0.25) is 0 Å². The Bertz CT molecular complexity index is 830. The molecule has 0 aliphatic heterocycles. The van der Waals surface area contributed by atoms with Crippen molar-refractivity contribution < 1.29 is 0 Å². The van der Waals surface area contributed by atoms with Crippen molar-refractivity contribution in [2.45, 2.75) is 38.4 Å². The maximum Gasteiger partial charge on any atom is 0.0998 e. The number of nitriles is 1. The van der Waals surface area contributed by atoms with Gasteiger partial charge in [-0.15, -0.1) is 0 Å². The minimum Gasteiger partial charge on any atom is -0.346 e. The van der Waals surface area contributed by atoms with Gasteiger partial charge in [0.1, 0.15) is 0 Å². The van der Waals surface area contributed by atoms with Crippen LogP contribution < -0.4 is 5.32 Å². The summed E-state index contributed by atoms with van der Waals surface area (Å²) < 4.78 is 2.31. The van der Waals surface area contributed by atoms with E-state index in [0.29, 0.717) is 6.04 Å². The van der Waals surface area contributed by atoms with E-state index in [1.165, 1.54) is 29.7 Å². The minimum atomic E-state index is 0.663. The first kappa shape index (κ1) is 15.0. The van der Waals surface area contributed by atoms with Gasteiger partial charge in [-0.2, -0.15) is 5.26 Å². The van der Waals surface area contributed by atoms with Crippen molar-refractivity contribution in [3.05, 3.63) is 77.1 Å². The maximum absolute atomic E-state index is 9.59. The van der Waals surface area contributed by atoms with E-state index in [1.807, 2.05) is 18.2 Å². The monoisotopic (exact) mass is 315 g/mol. The topological polar surface area (TPSA) is 40.8 Å². The van der Waals surface area contributed by atoms with Gasteiger partial charge in [0.15, 0.2) is 0 Å². The van der Waals surface area contributed by atoms with E-state index in [9.17, 15) is 5.26 Å². The molecule has 1 N–H and O–H groups in total. The van der Waals surface area contributed by atoms with Crippen LogP contribution in [-0.2, 0) is 19.5 Å². The van der Waals surface area contributed by atoms with Crippen molar-refractivity contribution in [2.24, 2.45) is 0 Å². The Kier molecular flexibility index (Phi) is 4.06. The van der Waals surface area contributed by atoms with E-state index in [1.54, 1.807) is 0 Å². The van der Waals surface area contributed by atoms with Crippen LogP contribution in [0.3, 0.4) is 0 Å². The van der Waals surface area contributed by atoms with Crippen molar-refractivity contribution in [3.8, 4) is 6.07 Å². The number of nitrogens with one attached hydrogen (secondary N) is 1. The highest BCUT2D eigenvalue weighted by atomic mass is 15.0. The third-order valence-electron chi connectivity index (χ3n) is 4.72. The summed E-state index contributed by atoms with van der Waals surface area (Å²) in [5.41, 5.74) is 5.68. The average Bonchev–Trinajstić information content (AvgIpc) is 3.41. The SMILES string of the molecule is N#CC1=CC=CCc2c1c(CNC1CC1)cn2Cc1ccccc1. The Hall–Kier alpha value is -2.57. The zero-order chi connectivity index (χ0) is 16.4. The van der Waals surface area contributed by atoms with E-state index in [2.05, 4.69) is 52.5 Å². The zero-order valence-electron chi connectivity index (χ0n) is 13.7. The lowest BCUT2D eigenvalue weighted by Gasteiger charge is -2.09. The second-order valence-electron chi connectivity index (χ2n) is 6.57. The van der Waals surface area contributed by atoms with Gasteiger partial charge >= 0.3 is 0 Å². The Morgan fingerprint density at radius 3 is 2.79 bits per heavy atom. The fraction of sp³-hybridized carbons (Fsp3) is 0.286. The predicted octanol–water partition coefficient (Wildman–Crippen LogP) is 3.81. The quantitative estimate of drug-likeness (QED) is 0.911. The molecule has 0 atom stereocenters. The summed E-state index contributed by atoms with van der Waals surface area (Å²) in [6, 6.07) is 13.6. The molecule has 0 radical (unpaired) electrons. The summed E-state index contributed by atoms with van der Waals surface area (Å²) in [6.45, 7) is 1.69. The molecule has 2 aliphatic carbocycles. The van der Waals surface area contributed by atoms with Gasteiger partial charge in [0.2, 0.25) is 0 Å². The van der Waals surface area contributed by atoms with Gasteiger partial charge < -0.3 is 9.88 Å². The molecule has 0 spiro atoms. The van der Waals surface area contributed by atoms with E-state index in [4.69, 9.17) is 0 Å². The fourth-order valence-corrected chi connectivity index (χ4v) is 3.32. The highest BCUT2D eigenvalue weighted by molar-refractivity contribution is 5.82. The van der Waals surface area contributed by atoms with Crippen molar-refractivity contribution in [2.75, 3.05) is 0 Å². The normalized spacial score (nSPS) is 16.2. The third kappa shape index (κ3) is 3.06. The van der Waals surface area contributed by atoms with Crippen LogP contribution >= 0.6 is 0 Å². The Morgan fingerprint density at radius 1 is 1.21 bits per heavy atom. The van der Waals surface area contributed by atoms with Crippen molar-refractivity contribution >= 4 is 5.57 Å². The van der Waals surface area contributed by atoms with E-state index in [-0.39, 0.29) is 0 Å². The molecule has 1 fully saturated rings. The molecule has 1 aromatic carbocycles. The molecule has 1 aromatic heterocycles. The van der Waals surface area contributed by atoms with Crippen molar-refractivity contribution in [1.29, 1.82) is 5.26 Å². The van der Waals surface area contributed by atoms with Crippen LogP contribution in [0, 0.1) is 11.3 Å². The van der Waals surface area contributed by atoms with Gasteiger partial charge in [0, 0.05) is 43.0 Å². The first-order valence-corrected chi connectivity index (χ1v) is 8.60. The van der Waals surface area contributed by atoms with E-state index < -0.39 is 0 Å². The summed E-state index contributed by atoms with van der Waals surface area (Å²) in [6.07, 6.45) is 11.7. The van der Waals surface area contributed by atoms with Crippen LogP contribution in [0.15, 0.2) is 54.8 Å². The zero-order valence-corrected chi connectivity index (χ0v) is 13.7. The summed E-state index contributed by atoms with van der Waals surface area (Å²) in [5, 5.41) is 13.2. The lowest BCUT2D eigenvalue weighted by atomic mass is 10.0. The van der Waals surface area contributed by atoms with Crippen molar-refractivity contribution in [1.82, 2.24) is 9.88 Å². The smallest absolute Gasteiger partial charge is 0.0998 e. The second kappa shape index (κ2) is 6.51. The van der Waals surface area contributed by atoms with Gasteiger partial charge in [-0.1, -0.05) is 42.5 Å². The largest absolute Gasteiger partial charge is 0.346 e. The molecule has 2 aromatic rings. The molecule has 0 saturated heterocycles. The molecule has 0 amide bonds. The molecular weight excluding hydrogens is 294 g/mol. The first-order chi connectivity index (χ1) is 11.8. The fourth-order valence-electron chi connectivity index (χ4n) is 3.32. The van der Waals surface area contributed by atoms with Gasteiger partial charge in [0.05, 0.1) is 11.6 Å². The Morgan fingerprint density at radius 2 is 2.04 bits per heavy atom. The highest BCUT2D eigenvalue weighted by Crippen LogP contribution is 2.30. The second-order valence-corrected chi connectivity index (χ2v) is 6.57. The lowest BCUT2D eigenvalue weighted by Crippen LogP contribution is -2.15. The minimum absolute atomic E-state index is 0.663. The molecule has 4 rings (SSSR count). The molecule has 24 heavy (non-hydrogen) atoms. The molecular formula is C21H21N3. The van der Waals surface area contributed by atoms with Gasteiger partial charge in [-0.3, -0.25) is 0 Å². The van der Waals surface area contributed by atoms with Crippen LogP contribution in [0.4, 0.5) is 0 Å². The van der Waals surface area contributed by atoms with Crippen molar-refractivity contribution in [3.63, 3.8) is 0 Å². The average molecular weight is 315 g/mol. The van der Waals surface area contributed by atoms with Gasteiger partial charge in [0.25, 0.3) is 0 Å². The first-order valence-electron chi connectivity index (χ1n) is 8.60. The number of allylic oxidation sites excluding steroid dienone is 4. The number of hydrogen-bond acceptors (Lipinski definition) is 2. The van der Waals surface area contributed by atoms with Gasteiger partial charge in [-0.25, -0.2) is 0 Å². The summed E-state index contributed by atoms with van der Waals surface area (Å²) in [5.74, 6) is 0. The van der Waals surface area contributed by atoms with Crippen LogP contribution in [0.25, 0.3) is 5.57 Å². The molecule has 1 saturated carbocycles. The van der Waals surface area contributed by atoms with E-state index >= 15 is 0 Å². The Balaban J connectivity index is 1.72. The number of benzene rings is 1. The molecule has 0 unspecified atom stereocenters. The lowest BCUT2D eigenvalue weighted by molar-refractivity contribution is 0.684. The number of hydrogen-bond donors (Lipinski definition) is 1. The molecule has 1 heterocycles. The molecule has 2 aliphatic rings. The van der Waals surface area contributed by atoms with Crippen LogP contribution in [0.1, 0.15) is 35.2 Å². The maximum atomic E-state index is 9.59. The molecule has 3 nitrogen and oxygen atoms in total.